The highest BCUT2D eigenvalue weighted by Gasteiger charge is 2.36. The van der Waals surface area contributed by atoms with Gasteiger partial charge in [0.1, 0.15) is 6.61 Å². The van der Waals surface area contributed by atoms with Crippen LogP contribution in [0.1, 0.15) is 49.7 Å². The zero-order chi connectivity index (χ0) is 31.1. The fourth-order valence-electron chi connectivity index (χ4n) is 5.26. The number of amides is 1. The molecule has 0 radical (unpaired) electrons. The molecule has 0 spiro atoms. The number of ether oxygens (including phenoxy) is 2. The van der Waals surface area contributed by atoms with Crippen molar-refractivity contribution >= 4 is 39.4 Å². The van der Waals surface area contributed by atoms with Gasteiger partial charge in [0.25, 0.3) is 0 Å². The number of rotatable bonds is 19. The van der Waals surface area contributed by atoms with Crippen LogP contribution < -0.4 is 5.32 Å². The van der Waals surface area contributed by atoms with Gasteiger partial charge in [-0.1, -0.05) is 97.8 Å². The molecule has 0 aliphatic rings. The zero-order valence-corrected chi connectivity index (χ0v) is 25.0. The van der Waals surface area contributed by atoms with E-state index in [1.54, 1.807) is 0 Å². The van der Waals surface area contributed by atoms with E-state index >= 15 is 0 Å². The summed E-state index contributed by atoms with van der Waals surface area (Å²) in [6, 6.07) is 29.3. The van der Waals surface area contributed by atoms with Crippen LogP contribution in [0.3, 0.4) is 0 Å². The van der Waals surface area contributed by atoms with Crippen molar-refractivity contribution in [1.82, 2.24) is 5.32 Å². The lowest BCUT2D eigenvalue weighted by atomic mass is 10.0. The molecule has 4 aromatic rings. The lowest BCUT2D eigenvalue weighted by Crippen LogP contribution is -2.45. The molecule has 1 amide bonds. The topological polar surface area (TPSA) is 122 Å². The first-order chi connectivity index (χ1) is 21.4. The summed E-state index contributed by atoms with van der Waals surface area (Å²) < 4.78 is 10.6. The molecule has 0 bridgehead atoms. The number of carboxylic acids is 2. The number of benzene rings is 4. The molecule has 0 saturated heterocycles. The maximum absolute atomic E-state index is 12.2. The summed E-state index contributed by atoms with van der Waals surface area (Å²) in [6.07, 6.45) is 3.25. The van der Waals surface area contributed by atoms with Gasteiger partial charge < -0.3 is 25.0 Å². The Bertz CT molecular complexity index is 1540. The lowest BCUT2D eigenvalue weighted by molar-refractivity contribution is -0.177. The van der Waals surface area contributed by atoms with E-state index in [0.717, 1.165) is 44.9 Å². The summed E-state index contributed by atoms with van der Waals surface area (Å²) in [7, 11) is 0. The van der Waals surface area contributed by atoms with E-state index in [0.29, 0.717) is 13.0 Å². The molecule has 2 unspecified atom stereocenters. The molecule has 3 N–H and O–H groups in total. The predicted molar refractivity (Wildman–Crippen MR) is 171 cm³/mol. The van der Waals surface area contributed by atoms with E-state index < -0.39 is 36.7 Å². The van der Waals surface area contributed by atoms with Crippen LogP contribution in [-0.4, -0.2) is 60.0 Å². The van der Waals surface area contributed by atoms with Crippen LogP contribution in [0.5, 0.6) is 0 Å². The number of aryl methyl sites for hydroxylation is 2. The van der Waals surface area contributed by atoms with Gasteiger partial charge >= 0.3 is 11.9 Å². The van der Waals surface area contributed by atoms with Gasteiger partial charge in [0.2, 0.25) is 5.91 Å². The molecular weight excluding hydrogens is 558 g/mol. The van der Waals surface area contributed by atoms with Crippen LogP contribution in [0.4, 0.5) is 0 Å². The highest BCUT2D eigenvalue weighted by atomic mass is 16.6. The number of hydrogen-bond acceptors (Lipinski definition) is 5. The maximum Gasteiger partial charge on any atom is 0.336 e. The summed E-state index contributed by atoms with van der Waals surface area (Å²) >= 11 is 0. The Morgan fingerprint density at radius 1 is 0.591 bits per heavy atom. The fourth-order valence-corrected chi connectivity index (χ4v) is 5.26. The van der Waals surface area contributed by atoms with Crippen molar-refractivity contribution in [3.05, 3.63) is 96.1 Å². The largest absolute Gasteiger partial charge is 0.479 e. The van der Waals surface area contributed by atoms with Gasteiger partial charge in [-0.15, -0.1) is 0 Å². The minimum Gasteiger partial charge on any atom is -0.479 e. The summed E-state index contributed by atoms with van der Waals surface area (Å²) in [5.41, 5.74) is 2.50. The van der Waals surface area contributed by atoms with Crippen molar-refractivity contribution in [2.24, 2.45) is 0 Å². The van der Waals surface area contributed by atoms with E-state index in [-0.39, 0.29) is 6.61 Å². The summed E-state index contributed by atoms with van der Waals surface area (Å²) in [6.45, 7) is -0.0596. The fraction of sp³-hybridized carbons (Fsp3) is 0.361. The number of hydrogen-bond donors (Lipinski definition) is 3. The van der Waals surface area contributed by atoms with Crippen molar-refractivity contribution in [3.8, 4) is 0 Å². The number of carbonyl (C=O) groups excluding carboxylic acids is 1. The van der Waals surface area contributed by atoms with Crippen LogP contribution in [0.2, 0.25) is 0 Å². The Kier molecular flexibility index (Phi) is 12.7. The highest BCUT2D eigenvalue weighted by molar-refractivity contribution is 5.85. The number of carboxylic acid groups (broad SMARTS) is 2. The Hall–Kier alpha value is -4.27. The SMILES string of the molecule is O=C(COC(C(=O)O)C(OCCCCCc1ccc2ccccc2c1)C(=O)O)NCCCCCc1ccc2ccccc2c1. The molecule has 232 valence electrons. The highest BCUT2D eigenvalue weighted by Crippen LogP contribution is 2.19. The molecule has 0 saturated carbocycles. The van der Waals surface area contributed by atoms with Crippen molar-refractivity contribution in [2.45, 2.75) is 63.6 Å². The first kappa shape index (κ1) is 32.6. The number of unbranched alkanes of at least 4 members (excludes halogenated alkanes) is 4. The summed E-state index contributed by atoms with van der Waals surface area (Å²) in [4.78, 5) is 35.8. The van der Waals surface area contributed by atoms with E-state index in [1.807, 2.05) is 24.3 Å². The van der Waals surface area contributed by atoms with E-state index in [4.69, 9.17) is 9.47 Å². The molecule has 44 heavy (non-hydrogen) atoms. The molecule has 0 aliphatic carbocycles. The smallest absolute Gasteiger partial charge is 0.336 e. The molecule has 4 aromatic carbocycles. The van der Waals surface area contributed by atoms with Gasteiger partial charge in [-0.2, -0.15) is 0 Å². The van der Waals surface area contributed by atoms with Gasteiger partial charge in [0.15, 0.2) is 12.2 Å². The molecule has 0 aromatic heterocycles. The van der Waals surface area contributed by atoms with Crippen LogP contribution >= 0.6 is 0 Å². The van der Waals surface area contributed by atoms with E-state index in [1.165, 1.54) is 32.7 Å². The lowest BCUT2D eigenvalue weighted by Gasteiger charge is -2.21. The van der Waals surface area contributed by atoms with Crippen LogP contribution in [0, 0.1) is 0 Å². The normalized spacial score (nSPS) is 12.6. The Labute approximate surface area is 258 Å². The zero-order valence-electron chi connectivity index (χ0n) is 25.0. The number of fused-ring (bicyclic) bond motifs is 2. The molecule has 0 aliphatic heterocycles. The standard InChI is InChI=1S/C36H41NO7/c38-32(37-21-9-1-3-11-26-17-19-28-13-5-7-15-30(28)23-26)25-44-34(36(41)42)33(35(39)40)43-22-10-2-4-12-27-18-20-29-14-6-8-16-31(29)24-27/h5-8,13-20,23-24,33-34H,1-4,9-12,21-22,25H2,(H,37,38)(H,39,40)(H,41,42). The molecule has 4 rings (SSSR count). The maximum atomic E-state index is 12.2. The number of carbonyl (C=O) groups is 3. The monoisotopic (exact) mass is 599 g/mol. The average molecular weight is 600 g/mol. The van der Waals surface area contributed by atoms with E-state index in [2.05, 4.69) is 66.0 Å². The van der Waals surface area contributed by atoms with Crippen molar-refractivity contribution in [1.29, 1.82) is 0 Å². The Morgan fingerprint density at radius 2 is 1.09 bits per heavy atom. The van der Waals surface area contributed by atoms with Gasteiger partial charge in [0.05, 0.1) is 0 Å². The van der Waals surface area contributed by atoms with Gasteiger partial charge in [-0.05, 0) is 71.2 Å². The first-order valence-electron chi connectivity index (χ1n) is 15.3. The first-order valence-corrected chi connectivity index (χ1v) is 15.3. The van der Waals surface area contributed by atoms with Crippen molar-refractivity contribution in [2.75, 3.05) is 19.8 Å². The Morgan fingerprint density at radius 3 is 1.64 bits per heavy atom. The van der Waals surface area contributed by atoms with Crippen LogP contribution in [0.25, 0.3) is 21.5 Å². The molecule has 0 heterocycles. The minimum absolute atomic E-state index is 0.0766. The molecule has 8 heteroatoms. The average Bonchev–Trinajstić information content (AvgIpc) is 3.02. The third kappa shape index (κ3) is 10.2. The quantitative estimate of drug-likeness (QED) is 0.110. The number of aliphatic carboxylic acids is 2. The number of nitrogens with one attached hydrogen (secondary N) is 1. The van der Waals surface area contributed by atoms with Crippen molar-refractivity contribution < 1.29 is 34.1 Å². The van der Waals surface area contributed by atoms with Crippen LogP contribution in [-0.2, 0) is 36.7 Å². The second kappa shape index (κ2) is 17.1. The second-order valence-corrected chi connectivity index (χ2v) is 11.0. The molecule has 0 fully saturated rings. The summed E-state index contributed by atoms with van der Waals surface area (Å²) in [5, 5.41) is 26.7. The van der Waals surface area contributed by atoms with Crippen molar-refractivity contribution in [3.63, 3.8) is 0 Å². The third-order valence-corrected chi connectivity index (χ3v) is 7.66. The van der Waals surface area contributed by atoms with E-state index in [9.17, 15) is 24.6 Å². The minimum atomic E-state index is -1.79. The third-order valence-electron chi connectivity index (χ3n) is 7.66. The molecular formula is C36H41NO7. The van der Waals surface area contributed by atoms with Gasteiger partial charge in [-0.25, -0.2) is 9.59 Å². The van der Waals surface area contributed by atoms with Crippen LogP contribution in [0.15, 0.2) is 84.9 Å². The van der Waals surface area contributed by atoms with Gasteiger partial charge in [0, 0.05) is 13.2 Å². The molecule has 8 nitrogen and oxygen atoms in total. The summed E-state index contributed by atoms with van der Waals surface area (Å²) in [5.74, 6) is -3.43. The van der Waals surface area contributed by atoms with Gasteiger partial charge in [-0.3, -0.25) is 4.79 Å². The second-order valence-electron chi connectivity index (χ2n) is 11.0. The Balaban J connectivity index is 1.10. The molecule has 2 atom stereocenters. The predicted octanol–water partition coefficient (Wildman–Crippen LogP) is 6.17.